The summed E-state index contributed by atoms with van der Waals surface area (Å²) in [4.78, 5) is 3.88. The monoisotopic (exact) mass is 258 g/mol. The van der Waals surface area contributed by atoms with Crippen LogP contribution in [0.5, 0.6) is 0 Å². The third-order valence-corrected chi connectivity index (χ3v) is 4.26. The van der Waals surface area contributed by atoms with Crippen molar-refractivity contribution < 1.29 is 0 Å². The molecule has 0 amide bonds. The molecule has 2 rings (SSSR count). The number of nitrogens with zero attached hydrogens (tertiary/aromatic N) is 1. The van der Waals surface area contributed by atoms with Crippen LogP contribution in [0.25, 0.3) is 0 Å². The zero-order valence-electron chi connectivity index (χ0n) is 9.54. The Bertz CT molecular complexity index is 308. The summed E-state index contributed by atoms with van der Waals surface area (Å²) in [6.45, 7) is 5.78. The Hall–Kier alpha value is -0.0900. The van der Waals surface area contributed by atoms with Gasteiger partial charge in [0.2, 0.25) is 0 Å². The average molecular weight is 259 g/mol. The zero-order valence-corrected chi connectivity index (χ0v) is 11.1. The van der Waals surface area contributed by atoms with Gasteiger partial charge in [-0.2, -0.15) is 0 Å². The summed E-state index contributed by atoms with van der Waals surface area (Å²) < 4.78 is 0. The number of halogens is 1. The molecule has 0 spiro atoms. The number of likely N-dealkylation sites (tertiary alicyclic amines) is 1. The fraction of sp³-hybridized carbons (Fsp3) is 0.667. The molecule has 1 N–H and O–H groups in total. The van der Waals surface area contributed by atoms with Crippen LogP contribution < -0.4 is 5.32 Å². The van der Waals surface area contributed by atoms with Gasteiger partial charge in [-0.3, -0.25) is 0 Å². The lowest BCUT2D eigenvalue weighted by atomic mass is 10.1. The molecule has 0 atom stereocenters. The van der Waals surface area contributed by atoms with Crippen molar-refractivity contribution in [2.75, 3.05) is 26.2 Å². The van der Waals surface area contributed by atoms with Gasteiger partial charge in [0.25, 0.3) is 0 Å². The Balaban J connectivity index is 1.57. The third kappa shape index (κ3) is 4.06. The van der Waals surface area contributed by atoms with E-state index in [-0.39, 0.29) is 0 Å². The molecule has 2 heterocycles. The van der Waals surface area contributed by atoms with Crippen LogP contribution in [0.2, 0.25) is 5.02 Å². The van der Waals surface area contributed by atoms with E-state index in [4.69, 9.17) is 11.6 Å². The van der Waals surface area contributed by atoms with Crippen LogP contribution in [0.4, 0.5) is 0 Å². The maximum atomic E-state index is 5.87. The molecule has 1 aliphatic heterocycles. The topological polar surface area (TPSA) is 15.3 Å². The Morgan fingerprint density at radius 2 is 2.12 bits per heavy atom. The van der Waals surface area contributed by atoms with Gasteiger partial charge in [0.15, 0.2) is 0 Å². The van der Waals surface area contributed by atoms with E-state index in [0.717, 1.165) is 18.1 Å². The molecule has 4 heteroatoms. The Morgan fingerprint density at radius 3 is 2.81 bits per heavy atom. The molecule has 2 nitrogen and oxygen atoms in total. The van der Waals surface area contributed by atoms with Gasteiger partial charge in [-0.1, -0.05) is 18.0 Å². The van der Waals surface area contributed by atoms with E-state index in [9.17, 15) is 0 Å². The summed E-state index contributed by atoms with van der Waals surface area (Å²) in [5.74, 6) is 0. The fourth-order valence-electron chi connectivity index (χ4n) is 2.08. The number of thiophene rings is 1. The lowest BCUT2D eigenvalue weighted by Crippen LogP contribution is -2.35. The van der Waals surface area contributed by atoms with Gasteiger partial charge in [-0.25, -0.2) is 0 Å². The van der Waals surface area contributed by atoms with Crippen molar-refractivity contribution in [1.29, 1.82) is 0 Å². The maximum Gasteiger partial charge on any atom is 0.0516 e. The number of hydrogen-bond acceptors (Lipinski definition) is 3. The van der Waals surface area contributed by atoms with Crippen molar-refractivity contribution in [3.63, 3.8) is 0 Å². The van der Waals surface area contributed by atoms with Crippen LogP contribution in [0, 0.1) is 0 Å². The first kappa shape index (κ1) is 12.4. The molecule has 1 saturated heterocycles. The first-order valence-corrected chi connectivity index (χ1v) is 7.26. The van der Waals surface area contributed by atoms with Crippen molar-refractivity contribution in [1.82, 2.24) is 10.2 Å². The largest absolute Gasteiger partial charge is 0.311 e. The maximum absolute atomic E-state index is 5.87. The highest BCUT2D eigenvalue weighted by Gasteiger charge is 2.08. The zero-order chi connectivity index (χ0) is 11.2. The predicted octanol–water partition coefficient (Wildman–Crippen LogP) is 2.98. The summed E-state index contributed by atoms with van der Waals surface area (Å²) in [6, 6.07) is 2.04. The second-order valence-corrected chi connectivity index (χ2v) is 5.74. The summed E-state index contributed by atoms with van der Waals surface area (Å²) >= 11 is 7.60. The van der Waals surface area contributed by atoms with Crippen LogP contribution in [0.3, 0.4) is 0 Å². The number of hydrogen-bond donors (Lipinski definition) is 1. The number of rotatable bonds is 5. The smallest absolute Gasteiger partial charge is 0.0516 e. The number of piperidine rings is 1. The minimum absolute atomic E-state index is 0.859. The van der Waals surface area contributed by atoms with Crippen LogP contribution in [0.15, 0.2) is 11.4 Å². The molecule has 0 saturated carbocycles. The van der Waals surface area contributed by atoms with Crippen LogP contribution in [-0.2, 0) is 6.54 Å². The SMILES string of the molecule is Clc1csc(CNCCN2CCCCC2)c1. The minimum Gasteiger partial charge on any atom is -0.311 e. The molecule has 0 aromatic carbocycles. The second kappa shape index (κ2) is 6.60. The van der Waals surface area contributed by atoms with Gasteiger partial charge in [0.05, 0.1) is 5.02 Å². The molecule has 1 aromatic heterocycles. The van der Waals surface area contributed by atoms with Gasteiger partial charge in [-0.15, -0.1) is 11.3 Å². The first-order valence-electron chi connectivity index (χ1n) is 6.00. The van der Waals surface area contributed by atoms with Crippen LogP contribution in [0.1, 0.15) is 24.1 Å². The van der Waals surface area contributed by atoms with Crippen molar-refractivity contribution in [2.24, 2.45) is 0 Å². The molecule has 1 aromatic rings. The Morgan fingerprint density at radius 1 is 1.31 bits per heavy atom. The molecule has 0 bridgehead atoms. The molecule has 1 aliphatic rings. The normalized spacial score (nSPS) is 17.8. The highest BCUT2D eigenvalue weighted by molar-refractivity contribution is 7.10. The Kier molecular flexibility index (Phi) is 5.10. The van der Waals surface area contributed by atoms with E-state index >= 15 is 0 Å². The van der Waals surface area contributed by atoms with E-state index in [1.165, 1.54) is 43.8 Å². The van der Waals surface area contributed by atoms with Crippen molar-refractivity contribution in [2.45, 2.75) is 25.8 Å². The van der Waals surface area contributed by atoms with E-state index < -0.39 is 0 Å². The van der Waals surface area contributed by atoms with E-state index in [0.29, 0.717) is 0 Å². The lowest BCUT2D eigenvalue weighted by molar-refractivity contribution is 0.229. The highest BCUT2D eigenvalue weighted by Crippen LogP contribution is 2.18. The molecule has 0 radical (unpaired) electrons. The molecular weight excluding hydrogens is 240 g/mol. The summed E-state index contributed by atoms with van der Waals surface area (Å²) in [7, 11) is 0. The third-order valence-electron chi connectivity index (χ3n) is 2.97. The van der Waals surface area contributed by atoms with Crippen molar-refractivity contribution in [3.05, 3.63) is 21.3 Å². The van der Waals surface area contributed by atoms with E-state index in [2.05, 4.69) is 10.2 Å². The van der Waals surface area contributed by atoms with Gasteiger partial charge in [0, 0.05) is 29.9 Å². The van der Waals surface area contributed by atoms with Gasteiger partial charge in [0.1, 0.15) is 0 Å². The minimum atomic E-state index is 0.859. The van der Waals surface area contributed by atoms with Gasteiger partial charge >= 0.3 is 0 Å². The van der Waals surface area contributed by atoms with Crippen LogP contribution >= 0.6 is 22.9 Å². The summed E-state index contributed by atoms with van der Waals surface area (Å²) in [5.41, 5.74) is 0. The molecule has 16 heavy (non-hydrogen) atoms. The van der Waals surface area contributed by atoms with Gasteiger partial charge in [-0.05, 0) is 32.0 Å². The fourth-order valence-corrected chi connectivity index (χ4v) is 3.12. The van der Waals surface area contributed by atoms with Crippen molar-refractivity contribution >= 4 is 22.9 Å². The lowest BCUT2D eigenvalue weighted by Gasteiger charge is -2.26. The van der Waals surface area contributed by atoms with Gasteiger partial charge < -0.3 is 10.2 Å². The first-order chi connectivity index (χ1) is 7.84. The summed E-state index contributed by atoms with van der Waals surface area (Å²) in [5, 5.41) is 6.32. The highest BCUT2D eigenvalue weighted by atomic mass is 35.5. The molecule has 90 valence electrons. The predicted molar refractivity (Wildman–Crippen MR) is 71.3 cm³/mol. The molecule has 1 fully saturated rings. The molecular formula is C12H19ClN2S. The van der Waals surface area contributed by atoms with Crippen molar-refractivity contribution in [3.8, 4) is 0 Å². The second-order valence-electron chi connectivity index (χ2n) is 4.31. The van der Waals surface area contributed by atoms with E-state index in [1.807, 2.05) is 11.4 Å². The number of nitrogens with one attached hydrogen (secondary N) is 1. The standard InChI is InChI=1S/C12H19ClN2S/c13-11-8-12(16-10-11)9-14-4-7-15-5-2-1-3-6-15/h8,10,14H,1-7,9H2. The molecule has 0 unspecified atom stereocenters. The Labute approximate surface area is 107 Å². The summed E-state index contributed by atoms with van der Waals surface area (Å²) in [6.07, 6.45) is 4.17. The van der Waals surface area contributed by atoms with Crippen LogP contribution in [-0.4, -0.2) is 31.1 Å². The van der Waals surface area contributed by atoms with E-state index in [1.54, 1.807) is 11.3 Å². The quantitative estimate of drug-likeness (QED) is 0.817. The average Bonchev–Trinajstić information content (AvgIpc) is 2.72. The molecule has 0 aliphatic carbocycles.